The SMILES string of the molecule is COc1cccc(CNc2cc(Cl)nc(-c3ccncc3)n2)c1. The molecular weight excluding hydrogens is 312 g/mol. The molecule has 2 heterocycles. The van der Waals surface area contributed by atoms with E-state index in [-0.39, 0.29) is 0 Å². The monoisotopic (exact) mass is 326 g/mol. The summed E-state index contributed by atoms with van der Waals surface area (Å²) >= 11 is 6.10. The molecule has 0 spiro atoms. The Labute approximate surface area is 139 Å². The molecule has 0 bridgehead atoms. The van der Waals surface area contributed by atoms with Crippen molar-refractivity contribution in [3.8, 4) is 17.1 Å². The molecule has 0 fully saturated rings. The van der Waals surface area contributed by atoms with Crippen LogP contribution in [0.5, 0.6) is 5.75 Å². The van der Waals surface area contributed by atoms with Gasteiger partial charge in [0.05, 0.1) is 7.11 Å². The highest BCUT2D eigenvalue weighted by molar-refractivity contribution is 6.29. The summed E-state index contributed by atoms with van der Waals surface area (Å²) in [6.45, 7) is 0.611. The Hall–Kier alpha value is -2.66. The van der Waals surface area contributed by atoms with Gasteiger partial charge in [0.25, 0.3) is 0 Å². The lowest BCUT2D eigenvalue weighted by molar-refractivity contribution is 0.414. The Bertz CT molecular complexity index is 796. The van der Waals surface area contributed by atoms with E-state index in [1.807, 2.05) is 36.4 Å². The van der Waals surface area contributed by atoms with Crippen LogP contribution in [0.2, 0.25) is 5.15 Å². The number of hydrogen-bond donors (Lipinski definition) is 1. The predicted octanol–water partition coefficient (Wildman–Crippen LogP) is 3.81. The molecule has 0 unspecified atom stereocenters. The van der Waals surface area contributed by atoms with E-state index in [1.165, 1.54) is 0 Å². The molecule has 3 aromatic rings. The van der Waals surface area contributed by atoms with Crippen molar-refractivity contribution in [2.75, 3.05) is 12.4 Å². The van der Waals surface area contributed by atoms with Crippen molar-refractivity contribution in [2.24, 2.45) is 0 Å². The summed E-state index contributed by atoms with van der Waals surface area (Å²) in [5.41, 5.74) is 1.96. The molecule has 0 radical (unpaired) electrons. The molecule has 5 nitrogen and oxygen atoms in total. The topological polar surface area (TPSA) is 59.9 Å². The Morgan fingerprint density at radius 3 is 2.70 bits per heavy atom. The molecule has 3 rings (SSSR count). The number of halogens is 1. The fourth-order valence-electron chi connectivity index (χ4n) is 2.11. The normalized spacial score (nSPS) is 10.3. The zero-order valence-electron chi connectivity index (χ0n) is 12.5. The van der Waals surface area contributed by atoms with Crippen LogP contribution >= 0.6 is 11.6 Å². The van der Waals surface area contributed by atoms with Crippen molar-refractivity contribution >= 4 is 17.4 Å². The minimum absolute atomic E-state index is 0.389. The van der Waals surface area contributed by atoms with Gasteiger partial charge in [-0.25, -0.2) is 9.97 Å². The van der Waals surface area contributed by atoms with E-state index >= 15 is 0 Å². The zero-order valence-corrected chi connectivity index (χ0v) is 13.3. The minimum atomic E-state index is 0.389. The lowest BCUT2D eigenvalue weighted by Crippen LogP contribution is -2.03. The van der Waals surface area contributed by atoms with Gasteiger partial charge < -0.3 is 10.1 Å². The van der Waals surface area contributed by atoms with Crippen LogP contribution in [0.15, 0.2) is 54.9 Å². The van der Waals surface area contributed by atoms with Gasteiger partial charge in [0.2, 0.25) is 0 Å². The second kappa shape index (κ2) is 7.07. The molecule has 116 valence electrons. The third kappa shape index (κ3) is 3.96. The summed E-state index contributed by atoms with van der Waals surface area (Å²) < 4.78 is 5.22. The van der Waals surface area contributed by atoms with Gasteiger partial charge in [-0.3, -0.25) is 4.98 Å². The highest BCUT2D eigenvalue weighted by Gasteiger charge is 2.06. The number of benzene rings is 1. The highest BCUT2D eigenvalue weighted by atomic mass is 35.5. The van der Waals surface area contributed by atoms with E-state index < -0.39 is 0 Å². The number of rotatable bonds is 5. The number of nitrogens with zero attached hydrogens (tertiary/aromatic N) is 3. The molecule has 0 aliphatic rings. The molecule has 0 aliphatic heterocycles. The van der Waals surface area contributed by atoms with Crippen LogP contribution < -0.4 is 10.1 Å². The van der Waals surface area contributed by atoms with E-state index in [2.05, 4.69) is 20.3 Å². The van der Waals surface area contributed by atoms with Crippen LogP contribution in [0.4, 0.5) is 5.82 Å². The molecule has 0 aliphatic carbocycles. The summed E-state index contributed by atoms with van der Waals surface area (Å²) in [5, 5.41) is 3.65. The third-order valence-corrected chi connectivity index (χ3v) is 3.43. The van der Waals surface area contributed by atoms with E-state index in [4.69, 9.17) is 16.3 Å². The fraction of sp³-hybridized carbons (Fsp3) is 0.118. The van der Waals surface area contributed by atoms with Crippen molar-refractivity contribution in [3.05, 3.63) is 65.6 Å². The third-order valence-electron chi connectivity index (χ3n) is 3.24. The van der Waals surface area contributed by atoms with Gasteiger partial charge in [0, 0.05) is 30.6 Å². The number of methoxy groups -OCH3 is 1. The molecule has 1 N–H and O–H groups in total. The average Bonchev–Trinajstić information content (AvgIpc) is 2.60. The maximum atomic E-state index is 6.10. The lowest BCUT2D eigenvalue weighted by atomic mass is 10.2. The maximum absolute atomic E-state index is 6.10. The Balaban J connectivity index is 1.79. The van der Waals surface area contributed by atoms with Crippen molar-refractivity contribution in [1.82, 2.24) is 15.0 Å². The van der Waals surface area contributed by atoms with Gasteiger partial charge in [0.15, 0.2) is 5.82 Å². The number of anilines is 1. The summed E-state index contributed by atoms with van der Waals surface area (Å²) in [6.07, 6.45) is 3.39. The van der Waals surface area contributed by atoms with Gasteiger partial charge in [-0.2, -0.15) is 0 Å². The van der Waals surface area contributed by atoms with E-state index in [0.29, 0.717) is 23.3 Å². The van der Waals surface area contributed by atoms with Gasteiger partial charge in [-0.15, -0.1) is 0 Å². The number of pyridine rings is 1. The number of hydrogen-bond acceptors (Lipinski definition) is 5. The van der Waals surface area contributed by atoms with E-state index in [9.17, 15) is 0 Å². The van der Waals surface area contributed by atoms with Gasteiger partial charge >= 0.3 is 0 Å². The minimum Gasteiger partial charge on any atom is -0.497 e. The van der Waals surface area contributed by atoms with Crippen LogP contribution in [0.3, 0.4) is 0 Å². The zero-order chi connectivity index (χ0) is 16.1. The number of aromatic nitrogens is 3. The highest BCUT2D eigenvalue weighted by Crippen LogP contribution is 2.20. The first-order chi connectivity index (χ1) is 11.2. The van der Waals surface area contributed by atoms with Crippen LogP contribution in [0.25, 0.3) is 11.4 Å². The molecule has 0 amide bonds. The van der Waals surface area contributed by atoms with Crippen LogP contribution in [0.1, 0.15) is 5.56 Å². The standard InChI is InChI=1S/C17H15ClN4O/c1-23-14-4-2-3-12(9-14)11-20-16-10-15(18)21-17(22-16)13-5-7-19-8-6-13/h2-10H,11H2,1H3,(H,20,21,22). The van der Waals surface area contributed by atoms with Crippen molar-refractivity contribution in [2.45, 2.75) is 6.54 Å². The molecule has 1 aromatic carbocycles. The van der Waals surface area contributed by atoms with E-state index in [0.717, 1.165) is 16.9 Å². The fourth-order valence-corrected chi connectivity index (χ4v) is 2.30. The molecule has 6 heteroatoms. The summed E-state index contributed by atoms with van der Waals surface area (Å²) in [5.74, 6) is 2.05. The van der Waals surface area contributed by atoms with E-state index in [1.54, 1.807) is 25.6 Å². The molecular formula is C17H15ClN4O. The number of ether oxygens (including phenoxy) is 1. The quantitative estimate of drug-likeness (QED) is 0.722. The molecule has 0 saturated carbocycles. The Morgan fingerprint density at radius 2 is 1.91 bits per heavy atom. The van der Waals surface area contributed by atoms with Crippen LogP contribution in [-0.2, 0) is 6.54 Å². The number of nitrogens with one attached hydrogen (secondary N) is 1. The molecule has 0 atom stereocenters. The smallest absolute Gasteiger partial charge is 0.163 e. The molecule has 0 saturated heterocycles. The van der Waals surface area contributed by atoms with Crippen molar-refractivity contribution in [1.29, 1.82) is 0 Å². The average molecular weight is 327 g/mol. The Kier molecular flexibility index (Phi) is 4.68. The van der Waals surface area contributed by atoms with Crippen LogP contribution in [-0.4, -0.2) is 22.1 Å². The Morgan fingerprint density at radius 1 is 1.09 bits per heavy atom. The van der Waals surface area contributed by atoms with Gasteiger partial charge in [0.1, 0.15) is 16.7 Å². The first-order valence-electron chi connectivity index (χ1n) is 7.06. The predicted molar refractivity (Wildman–Crippen MR) is 90.6 cm³/mol. The lowest BCUT2D eigenvalue weighted by Gasteiger charge is -2.09. The summed E-state index contributed by atoms with van der Waals surface area (Å²) in [4.78, 5) is 12.7. The van der Waals surface area contributed by atoms with Crippen molar-refractivity contribution < 1.29 is 4.74 Å². The largest absolute Gasteiger partial charge is 0.497 e. The van der Waals surface area contributed by atoms with Gasteiger partial charge in [-0.1, -0.05) is 23.7 Å². The maximum Gasteiger partial charge on any atom is 0.163 e. The van der Waals surface area contributed by atoms with Crippen molar-refractivity contribution in [3.63, 3.8) is 0 Å². The first kappa shape index (κ1) is 15.2. The van der Waals surface area contributed by atoms with Gasteiger partial charge in [-0.05, 0) is 29.8 Å². The first-order valence-corrected chi connectivity index (χ1v) is 7.44. The molecule has 2 aromatic heterocycles. The summed E-state index contributed by atoms with van der Waals surface area (Å²) in [6, 6.07) is 13.2. The second-order valence-corrected chi connectivity index (χ2v) is 5.23. The molecule has 23 heavy (non-hydrogen) atoms. The van der Waals surface area contributed by atoms with Crippen LogP contribution in [0, 0.1) is 0 Å². The summed E-state index contributed by atoms with van der Waals surface area (Å²) in [7, 11) is 1.65. The second-order valence-electron chi connectivity index (χ2n) is 4.84.